The molecule has 10 heavy (non-hydrogen) atoms. The summed E-state index contributed by atoms with van der Waals surface area (Å²) in [6.07, 6.45) is 0. The molecule has 0 radical (unpaired) electrons. The summed E-state index contributed by atoms with van der Waals surface area (Å²) in [5.41, 5.74) is 4.12. The molecule has 0 aromatic rings. The topological polar surface area (TPSA) is 46.2 Å². The van der Waals surface area contributed by atoms with Gasteiger partial charge in [-0.2, -0.15) is 0 Å². The Bertz CT molecular complexity index is 203. The zero-order chi connectivity index (χ0) is 8.04. The molecule has 0 fully saturated rings. The summed E-state index contributed by atoms with van der Waals surface area (Å²) in [6, 6.07) is 0. The Morgan fingerprint density at radius 1 is 1.40 bits per heavy atom. The highest BCUT2D eigenvalue weighted by Crippen LogP contribution is 1.95. The molecule has 0 rings (SSSR count). The fourth-order valence-corrected chi connectivity index (χ4v) is 0.279. The van der Waals surface area contributed by atoms with E-state index in [9.17, 15) is 0 Å². The summed E-state index contributed by atoms with van der Waals surface area (Å²) < 4.78 is 0. The molecule has 0 aromatic heterocycles. The van der Waals surface area contributed by atoms with E-state index in [2.05, 4.69) is 23.7 Å². The van der Waals surface area contributed by atoms with Crippen LogP contribution in [0.2, 0.25) is 0 Å². The number of rotatable bonds is 0. The smallest absolute Gasteiger partial charge is 0.120 e. The summed E-state index contributed by atoms with van der Waals surface area (Å²) in [5.74, 6) is 10.1. The van der Waals surface area contributed by atoms with Crippen LogP contribution in [-0.2, 0) is 0 Å². The van der Waals surface area contributed by atoms with Crippen molar-refractivity contribution in [2.45, 2.75) is 19.4 Å². The summed E-state index contributed by atoms with van der Waals surface area (Å²) in [6.45, 7) is 3.51. The van der Waals surface area contributed by atoms with Crippen molar-refractivity contribution in [1.82, 2.24) is 0 Å². The van der Waals surface area contributed by atoms with E-state index < -0.39 is 5.60 Å². The first-order valence-electron chi connectivity index (χ1n) is 2.99. The first kappa shape index (κ1) is 9.04. The molecule has 0 aromatic carbocycles. The van der Waals surface area contributed by atoms with Gasteiger partial charge in [-0.25, -0.2) is 0 Å². The predicted octanol–water partition coefficient (Wildman–Crippen LogP) is -0.277. The lowest BCUT2D eigenvalue weighted by Crippen LogP contribution is -2.14. The molecule has 0 amide bonds. The van der Waals surface area contributed by atoms with Crippen LogP contribution in [0.25, 0.3) is 0 Å². The van der Waals surface area contributed by atoms with Gasteiger partial charge < -0.3 is 10.8 Å². The molecule has 0 atom stereocenters. The third-order valence-corrected chi connectivity index (χ3v) is 0.621. The van der Waals surface area contributed by atoms with Gasteiger partial charge in [0.1, 0.15) is 5.60 Å². The number of hydrogen-bond acceptors (Lipinski definition) is 2. The molecule has 0 saturated carbocycles. The SMILES string of the molecule is CC(C)(O)C#CC#CCN. The molecule has 0 aliphatic heterocycles. The van der Waals surface area contributed by atoms with Crippen molar-refractivity contribution in [1.29, 1.82) is 0 Å². The Morgan fingerprint density at radius 2 is 2.00 bits per heavy atom. The number of hydrogen-bond donors (Lipinski definition) is 2. The lowest BCUT2D eigenvalue weighted by Gasteiger charge is -2.04. The lowest BCUT2D eigenvalue weighted by molar-refractivity contribution is 0.143. The van der Waals surface area contributed by atoms with Gasteiger partial charge in [0.2, 0.25) is 0 Å². The van der Waals surface area contributed by atoms with Crippen LogP contribution in [0.1, 0.15) is 13.8 Å². The maximum atomic E-state index is 9.04. The average Bonchev–Trinajstić information content (AvgIpc) is 1.78. The summed E-state index contributed by atoms with van der Waals surface area (Å²) in [5, 5.41) is 9.04. The van der Waals surface area contributed by atoms with E-state index in [1.807, 2.05) is 0 Å². The summed E-state index contributed by atoms with van der Waals surface area (Å²) >= 11 is 0. The first-order valence-corrected chi connectivity index (χ1v) is 2.99. The van der Waals surface area contributed by atoms with Crippen LogP contribution in [0.15, 0.2) is 0 Å². The summed E-state index contributed by atoms with van der Waals surface area (Å²) in [4.78, 5) is 0. The number of aliphatic hydroxyl groups is 1. The maximum Gasteiger partial charge on any atom is 0.120 e. The third-order valence-electron chi connectivity index (χ3n) is 0.621. The molecule has 0 unspecified atom stereocenters. The van der Waals surface area contributed by atoms with Crippen molar-refractivity contribution in [3.8, 4) is 23.7 Å². The van der Waals surface area contributed by atoms with Gasteiger partial charge in [-0.05, 0) is 25.7 Å². The van der Waals surface area contributed by atoms with Gasteiger partial charge in [-0.15, -0.1) is 0 Å². The van der Waals surface area contributed by atoms with Crippen LogP contribution < -0.4 is 5.73 Å². The van der Waals surface area contributed by atoms with E-state index in [1.165, 1.54) is 0 Å². The largest absolute Gasteiger partial charge is 0.378 e. The number of nitrogens with two attached hydrogens (primary N) is 1. The normalized spacial score (nSPS) is 8.80. The van der Waals surface area contributed by atoms with Gasteiger partial charge >= 0.3 is 0 Å². The van der Waals surface area contributed by atoms with Gasteiger partial charge in [-0.1, -0.05) is 11.8 Å². The standard InChI is InChI=1S/C8H11NO/c1-8(2,10)6-4-3-5-7-9/h10H,7,9H2,1-2H3. The van der Waals surface area contributed by atoms with Crippen molar-refractivity contribution in [2.24, 2.45) is 5.73 Å². The van der Waals surface area contributed by atoms with Gasteiger partial charge in [-0.3, -0.25) is 0 Å². The lowest BCUT2D eigenvalue weighted by atomic mass is 10.1. The quantitative estimate of drug-likeness (QED) is 0.451. The van der Waals surface area contributed by atoms with Crippen molar-refractivity contribution < 1.29 is 5.11 Å². The highest BCUT2D eigenvalue weighted by atomic mass is 16.3. The highest BCUT2D eigenvalue weighted by Gasteiger charge is 2.04. The molecule has 0 spiro atoms. The zero-order valence-corrected chi connectivity index (χ0v) is 6.23. The van der Waals surface area contributed by atoms with Crippen molar-refractivity contribution >= 4 is 0 Å². The Morgan fingerprint density at radius 3 is 2.40 bits per heavy atom. The van der Waals surface area contributed by atoms with E-state index in [1.54, 1.807) is 13.8 Å². The minimum absolute atomic E-state index is 0.306. The molecular formula is C8H11NO. The molecule has 0 heterocycles. The van der Waals surface area contributed by atoms with Gasteiger partial charge in [0.05, 0.1) is 6.54 Å². The monoisotopic (exact) mass is 137 g/mol. The molecule has 3 N–H and O–H groups in total. The molecule has 0 aliphatic rings. The fourth-order valence-electron chi connectivity index (χ4n) is 0.279. The fraction of sp³-hybridized carbons (Fsp3) is 0.500. The van der Waals surface area contributed by atoms with Gasteiger partial charge in [0.15, 0.2) is 0 Å². The van der Waals surface area contributed by atoms with Crippen molar-refractivity contribution in [3.63, 3.8) is 0 Å². The molecule has 0 bridgehead atoms. The van der Waals surface area contributed by atoms with E-state index in [0.717, 1.165) is 0 Å². The van der Waals surface area contributed by atoms with Crippen LogP contribution in [0.4, 0.5) is 0 Å². The predicted molar refractivity (Wildman–Crippen MR) is 40.9 cm³/mol. The van der Waals surface area contributed by atoms with E-state index >= 15 is 0 Å². The van der Waals surface area contributed by atoms with E-state index in [4.69, 9.17) is 10.8 Å². The first-order chi connectivity index (χ1) is 4.56. The van der Waals surface area contributed by atoms with Crippen molar-refractivity contribution in [3.05, 3.63) is 0 Å². The van der Waals surface area contributed by atoms with Crippen LogP contribution >= 0.6 is 0 Å². The van der Waals surface area contributed by atoms with Crippen molar-refractivity contribution in [2.75, 3.05) is 6.54 Å². The van der Waals surface area contributed by atoms with Crippen LogP contribution in [0.3, 0.4) is 0 Å². The van der Waals surface area contributed by atoms with Gasteiger partial charge in [0, 0.05) is 0 Å². The van der Waals surface area contributed by atoms with Gasteiger partial charge in [0.25, 0.3) is 0 Å². The maximum absolute atomic E-state index is 9.04. The molecule has 54 valence electrons. The van der Waals surface area contributed by atoms with Crippen LogP contribution in [-0.4, -0.2) is 17.3 Å². The molecular weight excluding hydrogens is 126 g/mol. The Labute approximate surface area is 61.4 Å². The van der Waals surface area contributed by atoms with E-state index in [0.29, 0.717) is 6.54 Å². The second kappa shape index (κ2) is 3.95. The summed E-state index contributed by atoms with van der Waals surface area (Å²) in [7, 11) is 0. The molecule has 2 nitrogen and oxygen atoms in total. The molecule has 0 saturated heterocycles. The highest BCUT2D eigenvalue weighted by molar-refractivity contribution is 5.29. The second-order valence-corrected chi connectivity index (χ2v) is 2.31. The zero-order valence-electron chi connectivity index (χ0n) is 6.23. The van der Waals surface area contributed by atoms with Crippen LogP contribution in [0, 0.1) is 23.7 Å². The van der Waals surface area contributed by atoms with Crippen LogP contribution in [0.5, 0.6) is 0 Å². The second-order valence-electron chi connectivity index (χ2n) is 2.31. The average molecular weight is 137 g/mol. The Hall–Kier alpha value is -0.960. The third kappa shape index (κ3) is 7.04. The van der Waals surface area contributed by atoms with E-state index in [-0.39, 0.29) is 0 Å². The Kier molecular flexibility index (Phi) is 3.57. The minimum Gasteiger partial charge on any atom is -0.378 e. The minimum atomic E-state index is -0.955. The Balaban J connectivity index is 3.93. The molecule has 0 aliphatic carbocycles. The molecule has 2 heteroatoms.